The highest BCUT2D eigenvalue weighted by Gasteiger charge is 1.76. The lowest BCUT2D eigenvalue weighted by Gasteiger charge is -1.93. The predicted octanol–water partition coefficient (Wildman–Crippen LogP) is 1.44. The minimum atomic E-state index is 0.544. The zero-order valence-electron chi connectivity index (χ0n) is 7.07. The summed E-state index contributed by atoms with van der Waals surface area (Å²) in [5, 5.41) is 0.544. The molecule has 66 valence electrons. The summed E-state index contributed by atoms with van der Waals surface area (Å²) in [7, 11) is 3.38. The predicted molar refractivity (Wildman–Crippen MR) is 49.0 cm³/mol. The molecule has 0 fully saturated rings. The van der Waals surface area contributed by atoms with Crippen LogP contribution in [-0.4, -0.2) is 30.4 Å². The zero-order valence-corrected chi connectivity index (χ0v) is 7.82. The smallest absolute Gasteiger partial charge is 0.209 e. The molecule has 0 unspecified atom stereocenters. The monoisotopic (exact) mass is 186 g/mol. The van der Waals surface area contributed by atoms with Crippen molar-refractivity contribution in [3.8, 4) is 0 Å². The van der Waals surface area contributed by atoms with Gasteiger partial charge in [-0.25, -0.2) is 4.98 Å². The van der Waals surface area contributed by atoms with Gasteiger partial charge in [-0.3, -0.25) is 4.79 Å². The Balaban J connectivity index is 0.000000217. The molecule has 1 amide bonds. The van der Waals surface area contributed by atoms with E-state index in [0.29, 0.717) is 5.15 Å². The maximum atomic E-state index is 9.43. The van der Waals surface area contributed by atoms with E-state index in [0.717, 1.165) is 6.41 Å². The molecule has 4 heteroatoms. The van der Waals surface area contributed by atoms with E-state index in [9.17, 15) is 4.79 Å². The maximum absolute atomic E-state index is 9.43. The van der Waals surface area contributed by atoms with Crippen LogP contribution < -0.4 is 0 Å². The number of rotatable bonds is 1. The topological polar surface area (TPSA) is 33.2 Å². The molecule has 1 aromatic rings. The third-order valence-corrected chi connectivity index (χ3v) is 1.06. The summed E-state index contributed by atoms with van der Waals surface area (Å²) in [6.07, 6.45) is 2.41. The Morgan fingerprint density at radius 3 is 2.25 bits per heavy atom. The van der Waals surface area contributed by atoms with Gasteiger partial charge < -0.3 is 4.90 Å². The minimum absolute atomic E-state index is 0.544. The second-order valence-corrected chi connectivity index (χ2v) is 2.61. The van der Waals surface area contributed by atoms with Gasteiger partial charge in [-0.05, 0) is 12.1 Å². The molecule has 3 nitrogen and oxygen atoms in total. The van der Waals surface area contributed by atoms with Crippen molar-refractivity contribution in [2.75, 3.05) is 14.1 Å². The number of nitrogens with zero attached hydrogens (tertiary/aromatic N) is 2. The molecule has 0 bridgehead atoms. The van der Waals surface area contributed by atoms with Crippen molar-refractivity contribution in [1.82, 2.24) is 9.88 Å². The van der Waals surface area contributed by atoms with Crippen molar-refractivity contribution < 1.29 is 4.79 Å². The van der Waals surface area contributed by atoms with Crippen LogP contribution in [0.3, 0.4) is 0 Å². The summed E-state index contributed by atoms with van der Waals surface area (Å²) in [5.74, 6) is 0. The van der Waals surface area contributed by atoms with Gasteiger partial charge in [0.05, 0.1) is 0 Å². The first-order chi connectivity index (χ1) is 5.66. The third-order valence-electron chi connectivity index (χ3n) is 0.840. The Kier molecular flexibility index (Phi) is 6.01. The lowest BCUT2D eigenvalue weighted by molar-refractivity contribution is -0.115. The van der Waals surface area contributed by atoms with E-state index in [1.54, 1.807) is 26.4 Å². The molecule has 0 aliphatic rings. The fraction of sp³-hybridized carbons (Fsp3) is 0.250. The number of pyridine rings is 1. The van der Waals surface area contributed by atoms with Crippen LogP contribution in [0.4, 0.5) is 0 Å². The first kappa shape index (κ1) is 10.9. The Bertz CT molecular complexity index is 214. The molecule has 1 rings (SSSR count). The SMILES string of the molecule is CN(C)C=O.Clc1ccccn1. The normalized spacial score (nSPS) is 7.92. The quantitative estimate of drug-likeness (QED) is 0.491. The maximum Gasteiger partial charge on any atom is 0.209 e. The van der Waals surface area contributed by atoms with Gasteiger partial charge >= 0.3 is 0 Å². The number of amides is 1. The van der Waals surface area contributed by atoms with E-state index < -0.39 is 0 Å². The van der Waals surface area contributed by atoms with Gasteiger partial charge in [0, 0.05) is 20.3 Å². The first-order valence-corrected chi connectivity index (χ1v) is 3.73. The van der Waals surface area contributed by atoms with Gasteiger partial charge in [-0.1, -0.05) is 17.7 Å². The molecule has 0 aliphatic carbocycles. The van der Waals surface area contributed by atoms with Crippen LogP contribution in [0.2, 0.25) is 5.15 Å². The van der Waals surface area contributed by atoms with Crippen molar-refractivity contribution in [2.45, 2.75) is 0 Å². The Morgan fingerprint density at radius 1 is 1.50 bits per heavy atom. The largest absolute Gasteiger partial charge is 0.351 e. The van der Waals surface area contributed by atoms with E-state index in [-0.39, 0.29) is 0 Å². The van der Waals surface area contributed by atoms with Crippen molar-refractivity contribution in [1.29, 1.82) is 0 Å². The molecule has 0 radical (unpaired) electrons. The minimum Gasteiger partial charge on any atom is -0.351 e. The highest BCUT2D eigenvalue weighted by molar-refractivity contribution is 6.29. The molecule has 1 heterocycles. The number of hydrogen-bond acceptors (Lipinski definition) is 2. The fourth-order valence-electron chi connectivity index (χ4n) is 0.342. The average molecular weight is 187 g/mol. The van der Waals surface area contributed by atoms with Crippen molar-refractivity contribution >= 4 is 18.0 Å². The van der Waals surface area contributed by atoms with E-state index in [4.69, 9.17) is 11.6 Å². The van der Waals surface area contributed by atoms with E-state index in [2.05, 4.69) is 4.98 Å². The first-order valence-electron chi connectivity index (χ1n) is 3.35. The van der Waals surface area contributed by atoms with Gasteiger partial charge in [-0.15, -0.1) is 0 Å². The Labute approximate surface area is 77.0 Å². The lowest BCUT2D eigenvalue weighted by atomic mass is 10.5. The zero-order chi connectivity index (χ0) is 9.40. The molecule has 0 saturated carbocycles. The van der Waals surface area contributed by atoms with Gasteiger partial charge in [0.15, 0.2) is 0 Å². The molecule has 0 spiro atoms. The highest BCUT2D eigenvalue weighted by Crippen LogP contribution is 1.98. The number of aromatic nitrogens is 1. The second-order valence-electron chi connectivity index (χ2n) is 2.22. The van der Waals surface area contributed by atoms with Crippen LogP contribution >= 0.6 is 11.6 Å². The lowest BCUT2D eigenvalue weighted by Crippen LogP contribution is -2.06. The van der Waals surface area contributed by atoms with Crippen LogP contribution in [0.15, 0.2) is 24.4 Å². The molecule has 1 aromatic heterocycles. The number of carbonyl (C=O) groups excluding carboxylic acids is 1. The number of hydrogen-bond donors (Lipinski definition) is 0. The average Bonchev–Trinajstić information content (AvgIpc) is 2.07. The summed E-state index contributed by atoms with van der Waals surface area (Å²) in [5.41, 5.74) is 0. The number of halogens is 1. The number of carbonyl (C=O) groups is 1. The van der Waals surface area contributed by atoms with Crippen molar-refractivity contribution in [3.63, 3.8) is 0 Å². The third kappa shape index (κ3) is 7.02. The van der Waals surface area contributed by atoms with Gasteiger partial charge in [0.2, 0.25) is 6.41 Å². The van der Waals surface area contributed by atoms with Crippen LogP contribution in [0.5, 0.6) is 0 Å². The van der Waals surface area contributed by atoms with Crippen molar-refractivity contribution in [2.24, 2.45) is 0 Å². The highest BCUT2D eigenvalue weighted by atomic mass is 35.5. The van der Waals surface area contributed by atoms with Gasteiger partial charge in [0.25, 0.3) is 0 Å². The van der Waals surface area contributed by atoms with Crippen LogP contribution in [0.1, 0.15) is 0 Å². The van der Waals surface area contributed by atoms with E-state index in [1.165, 1.54) is 4.90 Å². The molecular formula is C8H11ClN2O. The van der Waals surface area contributed by atoms with Crippen molar-refractivity contribution in [3.05, 3.63) is 29.5 Å². The standard InChI is InChI=1S/C5H4ClN.C3H7NO/c6-5-3-1-2-4-7-5;1-4(2)3-5/h1-4H;3H,1-2H3. The Hall–Kier alpha value is -1.09. The molecule has 0 N–H and O–H groups in total. The van der Waals surface area contributed by atoms with Crippen LogP contribution in [0, 0.1) is 0 Å². The summed E-state index contributed by atoms with van der Waals surface area (Å²) in [6.45, 7) is 0. The van der Waals surface area contributed by atoms with Crippen LogP contribution in [-0.2, 0) is 4.79 Å². The molecule has 0 aliphatic heterocycles. The molecule has 0 atom stereocenters. The van der Waals surface area contributed by atoms with Crippen LogP contribution in [0.25, 0.3) is 0 Å². The summed E-state index contributed by atoms with van der Waals surface area (Å²) < 4.78 is 0. The molecule has 0 aromatic carbocycles. The summed E-state index contributed by atoms with van der Waals surface area (Å²) >= 11 is 5.43. The molecule has 12 heavy (non-hydrogen) atoms. The van der Waals surface area contributed by atoms with E-state index >= 15 is 0 Å². The second kappa shape index (κ2) is 6.61. The Morgan fingerprint density at radius 2 is 2.08 bits per heavy atom. The van der Waals surface area contributed by atoms with Gasteiger partial charge in [0.1, 0.15) is 5.15 Å². The molecule has 0 saturated heterocycles. The van der Waals surface area contributed by atoms with E-state index in [1.807, 2.05) is 12.1 Å². The fourth-order valence-corrected chi connectivity index (χ4v) is 0.471. The summed E-state index contributed by atoms with van der Waals surface area (Å²) in [6, 6.07) is 5.41. The van der Waals surface area contributed by atoms with Gasteiger partial charge in [-0.2, -0.15) is 0 Å². The molecular weight excluding hydrogens is 176 g/mol. The summed E-state index contributed by atoms with van der Waals surface area (Å²) in [4.78, 5) is 14.6.